The summed E-state index contributed by atoms with van der Waals surface area (Å²) in [5.74, 6) is 0.101. The third-order valence-corrected chi connectivity index (χ3v) is 3.17. The number of carbonyl (C=O) groups excluding carboxylic acids is 1. The van der Waals surface area contributed by atoms with E-state index in [0.29, 0.717) is 6.04 Å². The number of hydrogen-bond donors (Lipinski definition) is 1. The van der Waals surface area contributed by atoms with E-state index in [4.69, 9.17) is 4.74 Å². The van der Waals surface area contributed by atoms with Gasteiger partial charge in [-0.25, -0.2) is 0 Å². The highest BCUT2D eigenvalue weighted by Crippen LogP contribution is 2.10. The van der Waals surface area contributed by atoms with Gasteiger partial charge in [-0.15, -0.1) is 0 Å². The lowest BCUT2D eigenvalue weighted by atomic mass is 10.0. The molecule has 4 nitrogen and oxygen atoms in total. The van der Waals surface area contributed by atoms with Gasteiger partial charge in [-0.2, -0.15) is 0 Å². The average molecular weight is 228 g/mol. The summed E-state index contributed by atoms with van der Waals surface area (Å²) in [6, 6.07) is 0.582. The lowest BCUT2D eigenvalue weighted by Crippen LogP contribution is -2.43. The van der Waals surface area contributed by atoms with E-state index in [1.807, 2.05) is 13.8 Å². The number of carbonyl (C=O) groups is 1. The molecule has 0 saturated carbocycles. The Morgan fingerprint density at radius 3 is 2.56 bits per heavy atom. The van der Waals surface area contributed by atoms with Gasteiger partial charge in [-0.05, 0) is 33.6 Å². The molecule has 0 radical (unpaired) electrons. The van der Waals surface area contributed by atoms with Crippen molar-refractivity contribution in [2.24, 2.45) is 0 Å². The van der Waals surface area contributed by atoms with E-state index < -0.39 is 0 Å². The number of amides is 1. The van der Waals surface area contributed by atoms with Gasteiger partial charge in [0.25, 0.3) is 0 Å². The molecule has 1 aliphatic heterocycles. The second-order valence-corrected chi connectivity index (χ2v) is 4.39. The topological polar surface area (TPSA) is 41.6 Å². The van der Waals surface area contributed by atoms with Gasteiger partial charge in [-0.1, -0.05) is 0 Å². The van der Waals surface area contributed by atoms with Crippen molar-refractivity contribution in [1.29, 1.82) is 0 Å². The highest BCUT2D eigenvalue weighted by molar-refractivity contribution is 5.77. The third-order valence-electron chi connectivity index (χ3n) is 3.17. The Labute approximate surface area is 98.3 Å². The summed E-state index contributed by atoms with van der Waals surface area (Å²) in [4.78, 5) is 13.5. The van der Waals surface area contributed by atoms with Crippen LogP contribution in [0.4, 0.5) is 0 Å². The Hall–Kier alpha value is -0.610. The van der Waals surface area contributed by atoms with Gasteiger partial charge >= 0.3 is 0 Å². The number of ether oxygens (including phenoxy) is 1. The molecular formula is C12H24N2O2. The van der Waals surface area contributed by atoms with Gasteiger partial charge in [0.1, 0.15) is 6.61 Å². The molecular weight excluding hydrogens is 204 g/mol. The molecule has 1 N–H and O–H groups in total. The van der Waals surface area contributed by atoms with Crippen LogP contribution in [0.5, 0.6) is 0 Å². The van der Waals surface area contributed by atoms with Crippen molar-refractivity contribution in [3.63, 3.8) is 0 Å². The van der Waals surface area contributed by atoms with Crippen LogP contribution in [0.15, 0.2) is 0 Å². The molecule has 2 unspecified atom stereocenters. The van der Waals surface area contributed by atoms with Crippen LogP contribution in [0.1, 0.15) is 33.6 Å². The molecule has 1 heterocycles. The quantitative estimate of drug-likeness (QED) is 0.763. The third kappa shape index (κ3) is 4.10. The molecule has 4 heteroatoms. The summed E-state index contributed by atoms with van der Waals surface area (Å²) < 4.78 is 5.62. The molecule has 1 saturated heterocycles. The molecule has 0 aliphatic carbocycles. The minimum Gasteiger partial charge on any atom is -0.367 e. The van der Waals surface area contributed by atoms with Crippen molar-refractivity contribution in [3.05, 3.63) is 0 Å². The Bertz CT molecular complexity index is 209. The number of likely N-dealkylation sites (N-methyl/N-ethyl adjacent to an activating group) is 1. The van der Waals surface area contributed by atoms with Gasteiger partial charge in [0.2, 0.25) is 5.91 Å². The summed E-state index contributed by atoms with van der Waals surface area (Å²) in [6.07, 6.45) is 2.39. The SMILES string of the molecule is CCN(CC)C(=O)COC1CCC(C)NC1. The molecule has 1 fully saturated rings. The van der Waals surface area contributed by atoms with E-state index in [2.05, 4.69) is 12.2 Å². The van der Waals surface area contributed by atoms with Crippen LogP contribution in [-0.2, 0) is 9.53 Å². The van der Waals surface area contributed by atoms with Crippen molar-refractivity contribution < 1.29 is 9.53 Å². The van der Waals surface area contributed by atoms with Crippen LogP contribution >= 0.6 is 0 Å². The van der Waals surface area contributed by atoms with Gasteiger partial charge < -0.3 is 15.0 Å². The number of piperidine rings is 1. The molecule has 0 aromatic heterocycles. The number of nitrogens with zero attached hydrogens (tertiary/aromatic N) is 1. The first kappa shape index (κ1) is 13.5. The molecule has 1 amide bonds. The van der Waals surface area contributed by atoms with Crippen molar-refractivity contribution in [2.75, 3.05) is 26.2 Å². The average Bonchev–Trinajstić information content (AvgIpc) is 2.30. The lowest BCUT2D eigenvalue weighted by Gasteiger charge is -2.28. The molecule has 2 atom stereocenters. The van der Waals surface area contributed by atoms with Gasteiger partial charge in [0.05, 0.1) is 6.10 Å². The fourth-order valence-electron chi connectivity index (χ4n) is 1.97. The maximum Gasteiger partial charge on any atom is 0.248 e. The summed E-state index contributed by atoms with van der Waals surface area (Å²) in [5.41, 5.74) is 0. The van der Waals surface area contributed by atoms with Crippen molar-refractivity contribution in [3.8, 4) is 0 Å². The number of nitrogens with one attached hydrogen (secondary N) is 1. The fraction of sp³-hybridized carbons (Fsp3) is 0.917. The van der Waals surface area contributed by atoms with Crippen LogP contribution in [-0.4, -0.2) is 49.2 Å². The normalized spacial score (nSPS) is 25.4. The number of hydrogen-bond acceptors (Lipinski definition) is 3. The molecule has 1 aliphatic rings. The summed E-state index contributed by atoms with van der Waals surface area (Å²) in [5, 5.41) is 3.36. The van der Waals surface area contributed by atoms with Gasteiger partial charge in [0, 0.05) is 25.7 Å². The van der Waals surface area contributed by atoms with Crippen LogP contribution in [0.2, 0.25) is 0 Å². The molecule has 94 valence electrons. The zero-order valence-electron chi connectivity index (χ0n) is 10.7. The maximum absolute atomic E-state index is 11.7. The first-order chi connectivity index (χ1) is 7.67. The summed E-state index contributed by atoms with van der Waals surface area (Å²) in [7, 11) is 0. The molecule has 0 spiro atoms. The lowest BCUT2D eigenvalue weighted by molar-refractivity contribution is -0.138. The van der Waals surface area contributed by atoms with Crippen molar-refractivity contribution in [2.45, 2.75) is 45.8 Å². The fourth-order valence-corrected chi connectivity index (χ4v) is 1.97. The maximum atomic E-state index is 11.7. The smallest absolute Gasteiger partial charge is 0.248 e. The second kappa shape index (κ2) is 6.86. The molecule has 0 aromatic carbocycles. The molecule has 0 aromatic rings. The van der Waals surface area contributed by atoms with E-state index >= 15 is 0 Å². The minimum absolute atomic E-state index is 0.101. The Balaban J connectivity index is 2.21. The molecule has 1 rings (SSSR count). The Kier molecular flexibility index (Phi) is 5.77. The monoisotopic (exact) mass is 228 g/mol. The van der Waals surface area contributed by atoms with Gasteiger partial charge in [0.15, 0.2) is 0 Å². The van der Waals surface area contributed by atoms with Crippen LogP contribution in [0.25, 0.3) is 0 Å². The minimum atomic E-state index is 0.101. The van der Waals surface area contributed by atoms with Gasteiger partial charge in [-0.3, -0.25) is 4.79 Å². The Morgan fingerprint density at radius 2 is 2.06 bits per heavy atom. The Morgan fingerprint density at radius 1 is 1.38 bits per heavy atom. The van der Waals surface area contributed by atoms with Crippen LogP contribution in [0.3, 0.4) is 0 Å². The van der Waals surface area contributed by atoms with E-state index in [9.17, 15) is 4.79 Å². The van der Waals surface area contributed by atoms with Crippen LogP contribution in [0, 0.1) is 0 Å². The molecule has 16 heavy (non-hydrogen) atoms. The summed E-state index contributed by atoms with van der Waals surface area (Å²) in [6.45, 7) is 8.78. The highest BCUT2D eigenvalue weighted by atomic mass is 16.5. The first-order valence-corrected chi connectivity index (χ1v) is 6.30. The predicted molar refractivity (Wildman–Crippen MR) is 64.4 cm³/mol. The first-order valence-electron chi connectivity index (χ1n) is 6.30. The van der Waals surface area contributed by atoms with E-state index in [-0.39, 0.29) is 18.6 Å². The second-order valence-electron chi connectivity index (χ2n) is 4.39. The zero-order valence-corrected chi connectivity index (χ0v) is 10.7. The molecule has 0 bridgehead atoms. The van der Waals surface area contributed by atoms with E-state index in [0.717, 1.165) is 32.5 Å². The van der Waals surface area contributed by atoms with E-state index in [1.54, 1.807) is 4.90 Å². The highest BCUT2D eigenvalue weighted by Gasteiger charge is 2.19. The standard InChI is InChI=1S/C12H24N2O2/c1-4-14(5-2)12(15)9-16-11-7-6-10(3)13-8-11/h10-11,13H,4-9H2,1-3H3. The largest absolute Gasteiger partial charge is 0.367 e. The van der Waals surface area contributed by atoms with E-state index in [1.165, 1.54) is 0 Å². The predicted octanol–water partition coefficient (Wildman–Crippen LogP) is 1.01. The summed E-state index contributed by atoms with van der Waals surface area (Å²) >= 11 is 0. The van der Waals surface area contributed by atoms with Crippen LogP contribution < -0.4 is 5.32 Å². The zero-order chi connectivity index (χ0) is 12.0. The van der Waals surface area contributed by atoms with Crippen molar-refractivity contribution >= 4 is 5.91 Å². The number of rotatable bonds is 5. The van der Waals surface area contributed by atoms with Crippen molar-refractivity contribution in [1.82, 2.24) is 10.2 Å².